The molecule has 1 amide bonds. The first-order chi connectivity index (χ1) is 13.7. The van der Waals surface area contributed by atoms with Gasteiger partial charge >= 0.3 is 5.69 Å². The Kier molecular flexibility index (Phi) is 4.88. The molecule has 0 saturated carbocycles. The molecule has 0 atom stereocenters. The van der Waals surface area contributed by atoms with Crippen LogP contribution in [-0.2, 0) is 0 Å². The number of nitrogens with one attached hydrogen (secondary N) is 3. The maximum absolute atomic E-state index is 12.3. The van der Waals surface area contributed by atoms with Gasteiger partial charge in [-0.05, 0) is 23.6 Å². The number of fused-ring (bicyclic) bond motifs is 1. The molecule has 4 aromatic rings. The minimum Gasteiger partial charge on any atom is -0.383 e. The molecule has 4 rings (SSSR count). The average Bonchev–Trinajstić information content (AvgIpc) is 3.13. The largest absolute Gasteiger partial charge is 0.383 e. The smallest absolute Gasteiger partial charge is 0.348 e. The molecule has 0 unspecified atom stereocenters. The Labute approximate surface area is 161 Å². The van der Waals surface area contributed by atoms with E-state index in [1.165, 1.54) is 4.68 Å². The third-order valence-corrected chi connectivity index (χ3v) is 4.35. The van der Waals surface area contributed by atoms with Gasteiger partial charge in [0.05, 0.1) is 5.69 Å². The van der Waals surface area contributed by atoms with Crippen molar-refractivity contribution in [3.05, 3.63) is 89.1 Å². The van der Waals surface area contributed by atoms with E-state index in [1.807, 2.05) is 30.3 Å². The number of carbonyl (C=O) groups is 1. The number of aromatic amines is 1. The van der Waals surface area contributed by atoms with Gasteiger partial charge in [0.2, 0.25) is 5.82 Å². The van der Waals surface area contributed by atoms with Gasteiger partial charge in [0, 0.05) is 24.2 Å². The fourth-order valence-corrected chi connectivity index (χ4v) is 3.01. The Balaban J connectivity index is 1.37. The van der Waals surface area contributed by atoms with Crippen LogP contribution in [-0.4, -0.2) is 33.8 Å². The summed E-state index contributed by atoms with van der Waals surface area (Å²) in [5, 5.41) is 12.4. The molecule has 28 heavy (non-hydrogen) atoms. The minimum absolute atomic E-state index is 0.0148. The standard InChI is InChI=1S/C21H19N5O2/c27-20(19-24-21(28)26(25-19)16-9-2-1-3-10-16)23-14-13-22-18-12-6-8-15-7-4-5-11-17(15)18/h1-12,22H,13-14H2,(H,23,27)(H,24,25,28). The number of benzene rings is 3. The summed E-state index contributed by atoms with van der Waals surface area (Å²) in [5.41, 5.74) is 1.15. The number of para-hydroxylation sites is 1. The zero-order valence-corrected chi connectivity index (χ0v) is 15.1. The van der Waals surface area contributed by atoms with Crippen LogP contribution in [0.2, 0.25) is 0 Å². The van der Waals surface area contributed by atoms with Crippen molar-refractivity contribution in [2.45, 2.75) is 0 Å². The van der Waals surface area contributed by atoms with Crippen LogP contribution in [0.25, 0.3) is 16.5 Å². The van der Waals surface area contributed by atoms with E-state index < -0.39 is 11.6 Å². The lowest BCUT2D eigenvalue weighted by molar-refractivity contribution is 0.0945. The summed E-state index contributed by atoms with van der Waals surface area (Å²) in [7, 11) is 0. The second kappa shape index (κ2) is 7.79. The maximum Gasteiger partial charge on any atom is 0.348 e. The molecule has 0 fully saturated rings. The number of hydrogen-bond donors (Lipinski definition) is 3. The maximum atomic E-state index is 12.3. The van der Waals surface area contributed by atoms with E-state index in [1.54, 1.807) is 24.3 Å². The zero-order chi connectivity index (χ0) is 19.3. The van der Waals surface area contributed by atoms with E-state index in [-0.39, 0.29) is 5.82 Å². The minimum atomic E-state index is -0.453. The molecular formula is C21H19N5O2. The van der Waals surface area contributed by atoms with Gasteiger partial charge in [-0.1, -0.05) is 54.6 Å². The number of amides is 1. The van der Waals surface area contributed by atoms with Crippen LogP contribution in [0.5, 0.6) is 0 Å². The highest BCUT2D eigenvalue weighted by molar-refractivity contribution is 5.94. The highest BCUT2D eigenvalue weighted by atomic mass is 16.2. The Morgan fingerprint density at radius 1 is 0.929 bits per heavy atom. The lowest BCUT2D eigenvalue weighted by Crippen LogP contribution is -2.29. The molecule has 0 aliphatic rings. The van der Waals surface area contributed by atoms with Gasteiger partial charge in [0.1, 0.15) is 0 Å². The fraction of sp³-hybridized carbons (Fsp3) is 0.0952. The topological polar surface area (TPSA) is 91.8 Å². The SMILES string of the molecule is O=C(NCCNc1cccc2ccccc12)c1nn(-c2ccccc2)c(=O)[nH]1. The van der Waals surface area contributed by atoms with E-state index in [0.29, 0.717) is 18.8 Å². The average molecular weight is 373 g/mol. The summed E-state index contributed by atoms with van der Waals surface area (Å²) in [6, 6.07) is 23.1. The van der Waals surface area contributed by atoms with Gasteiger partial charge in [-0.15, -0.1) is 5.10 Å². The quantitative estimate of drug-likeness (QED) is 0.453. The van der Waals surface area contributed by atoms with Crippen LogP contribution < -0.4 is 16.3 Å². The summed E-state index contributed by atoms with van der Waals surface area (Å²) >= 11 is 0. The van der Waals surface area contributed by atoms with E-state index in [2.05, 4.69) is 38.9 Å². The molecule has 0 aliphatic heterocycles. The molecule has 7 heteroatoms. The van der Waals surface area contributed by atoms with Crippen molar-refractivity contribution in [1.29, 1.82) is 0 Å². The molecular weight excluding hydrogens is 354 g/mol. The second-order valence-corrected chi connectivity index (χ2v) is 6.24. The third kappa shape index (κ3) is 3.64. The third-order valence-electron chi connectivity index (χ3n) is 4.35. The van der Waals surface area contributed by atoms with Crippen molar-refractivity contribution >= 4 is 22.4 Å². The van der Waals surface area contributed by atoms with Crippen LogP contribution in [0.3, 0.4) is 0 Å². The number of aromatic nitrogens is 3. The lowest BCUT2D eigenvalue weighted by Gasteiger charge is -2.10. The number of hydrogen-bond acceptors (Lipinski definition) is 4. The lowest BCUT2D eigenvalue weighted by atomic mass is 10.1. The number of H-pyrrole nitrogens is 1. The Morgan fingerprint density at radius 3 is 2.54 bits per heavy atom. The van der Waals surface area contributed by atoms with Gasteiger partial charge in [-0.25, -0.2) is 4.79 Å². The van der Waals surface area contributed by atoms with Gasteiger partial charge in [-0.3, -0.25) is 9.78 Å². The van der Waals surface area contributed by atoms with Crippen molar-refractivity contribution < 1.29 is 4.79 Å². The first-order valence-corrected chi connectivity index (χ1v) is 8.97. The van der Waals surface area contributed by atoms with Gasteiger partial charge in [-0.2, -0.15) is 4.68 Å². The molecule has 7 nitrogen and oxygen atoms in total. The summed E-state index contributed by atoms with van der Waals surface area (Å²) < 4.78 is 1.17. The summed E-state index contributed by atoms with van der Waals surface area (Å²) in [4.78, 5) is 26.8. The van der Waals surface area contributed by atoms with Crippen molar-refractivity contribution in [3.8, 4) is 5.69 Å². The van der Waals surface area contributed by atoms with Crippen molar-refractivity contribution in [1.82, 2.24) is 20.1 Å². The first kappa shape index (κ1) is 17.5. The molecule has 3 aromatic carbocycles. The summed E-state index contributed by atoms with van der Waals surface area (Å²) in [6.45, 7) is 0.936. The van der Waals surface area contributed by atoms with Crippen LogP contribution in [0, 0.1) is 0 Å². The Hall–Kier alpha value is -3.87. The molecule has 1 heterocycles. The normalized spacial score (nSPS) is 10.7. The van der Waals surface area contributed by atoms with E-state index in [9.17, 15) is 9.59 Å². The molecule has 0 spiro atoms. The molecule has 0 aliphatic carbocycles. The van der Waals surface area contributed by atoms with Gasteiger partial charge in [0.15, 0.2) is 0 Å². The predicted molar refractivity (Wildman–Crippen MR) is 109 cm³/mol. The molecule has 0 radical (unpaired) electrons. The second-order valence-electron chi connectivity index (χ2n) is 6.24. The van der Waals surface area contributed by atoms with Crippen molar-refractivity contribution in [2.75, 3.05) is 18.4 Å². The predicted octanol–water partition coefficient (Wildman–Crippen LogP) is 2.56. The van der Waals surface area contributed by atoms with Crippen LogP contribution >= 0.6 is 0 Å². The summed E-state index contributed by atoms with van der Waals surface area (Å²) in [5.74, 6) is -0.439. The van der Waals surface area contributed by atoms with E-state index >= 15 is 0 Å². The van der Waals surface area contributed by atoms with Gasteiger partial charge in [0.25, 0.3) is 5.91 Å². The molecule has 140 valence electrons. The number of anilines is 1. The number of nitrogens with zero attached hydrogens (tertiary/aromatic N) is 2. The number of carbonyl (C=O) groups excluding carboxylic acids is 1. The van der Waals surface area contributed by atoms with Crippen LogP contribution in [0.1, 0.15) is 10.6 Å². The van der Waals surface area contributed by atoms with E-state index in [4.69, 9.17) is 0 Å². The monoisotopic (exact) mass is 373 g/mol. The van der Waals surface area contributed by atoms with Crippen LogP contribution in [0.15, 0.2) is 77.6 Å². The van der Waals surface area contributed by atoms with Crippen molar-refractivity contribution in [2.24, 2.45) is 0 Å². The summed E-state index contributed by atoms with van der Waals surface area (Å²) in [6.07, 6.45) is 0. The van der Waals surface area contributed by atoms with Gasteiger partial charge < -0.3 is 10.6 Å². The highest BCUT2D eigenvalue weighted by Crippen LogP contribution is 2.22. The first-order valence-electron chi connectivity index (χ1n) is 8.97. The molecule has 0 saturated heterocycles. The Morgan fingerprint density at radius 2 is 1.68 bits per heavy atom. The molecule has 0 bridgehead atoms. The Bertz CT molecular complexity index is 1160. The van der Waals surface area contributed by atoms with Crippen LogP contribution in [0.4, 0.5) is 5.69 Å². The van der Waals surface area contributed by atoms with Crippen molar-refractivity contribution in [3.63, 3.8) is 0 Å². The zero-order valence-electron chi connectivity index (χ0n) is 15.1. The molecule has 1 aromatic heterocycles. The fourth-order valence-electron chi connectivity index (χ4n) is 3.01. The highest BCUT2D eigenvalue weighted by Gasteiger charge is 2.13. The number of rotatable bonds is 6. The molecule has 3 N–H and O–H groups in total. The van der Waals surface area contributed by atoms with E-state index in [0.717, 1.165) is 16.5 Å².